The van der Waals surface area contributed by atoms with Crippen molar-refractivity contribution in [3.63, 3.8) is 0 Å². The average molecular weight is 321 g/mol. The summed E-state index contributed by atoms with van der Waals surface area (Å²) in [6, 6.07) is 3.98. The van der Waals surface area contributed by atoms with Crippen molar-refractivity contribution in [2.45, 2.75) is 38.8 Å². The van der Waals surface area contributed by atoms with Gasteiger partial charge < -0.3 is 4.52 Å². The lowest BCUT2D eigenvalue weighted by molar-refractivity contribution is 0.208. The number of benzene rings is 1. The first-order valence-electron chi connectivity index (χ1n) is 7.34. The van der Waals surface area contributed by atoms with Crippen LogP contribution in [0.4, 0.5) is 14.9 Å². The maximum Gasteiger partial charge on any atom is 0.443 e. The van der Waals surface area contributed by atoms with Crippen LogP contribution in [0.5, 0.6) is 0 Å². The molecule has 8 heteroatoms. The maximum atomic E-state index is 13.1. The summed E-state index contributed by atoms with van der Waals surface area (Å²) in [4.78, 5) is 37.9. The third kappa shape index (κ3) is 2.71. The predicted octanol–water partition coefficient (Wildman–Crippen LogP) is 1.96. The van der Waals surface area contributed by atoms with Crippen LogP contribution in [0.1, 0.15) is 32.7 Å². The predicted molar refractivity (Wildman–Crippen MR) is 80.3 cm³/mol. The van der Waals surface area contributed by atoms with E-state index in [-0.39, 0.29) is 12.1 Å². The van der Waals surface area contributed by atoms with E-state index in [4.69, 9.17) is 4.52 Å². The number of nitrogens with zero attached hydrogens (tertiary/aromatic N) is 3. The Balaban J connectivity index is 2.02. The molecule has 3 rings (SSSR count). The number of aromatic nitrogens is 2. The van der Waals surface area contributed by atoms with Crippen LogP contribution in [-0.2, 0) is 0 Å². The second-order valence-electron chi connectivity index (χ2n) is 5.76. The van der Waals surface area contributed by atoms with Crippen LogP contribution >= 0.6 is 0 Å². The number of carbonyl (C=O) groups is 1. The minimum atomic E-state index is -0.839. The Labute approximate surface area is 130 Å². The van der Waals surface area contributed by atoms with Crippen molar-refractivity contribution < 1.29 is 13.7 Å². The monoisotopic (exact) mass is 321 g/mol. The summed E-state index contributed by atoms with van der Waals surface area (Å²) in [6.45, 7) is 3.48. The van der Waals surface area contributed by atoms with Crippen molar-refractivity contribution in [2.75, 3.05) is 4.90 Å². The van der Waals surface area contributed by atoms with Gasteiger partial charge in [0.1, 0.15) is 5.82 Å². The third-order valence-electron chi connectivity index (χ3n) is 3.66. The minimum Gasteiger partial charge on any atom is -0.307 e. The molecule has 1 aromatic heterocycles. The van der Waals surface area contributed by atoms with Crippen LogP contribution in [0, 0.1) is 5.82 Å². The van der Waals surface area contributed by atoms with Gasteiger partial charge in [-0.25, -0.2) is 23.3 Å². The van der Waals surface area contributed by atoms with Gasteiger partial charge in [0.05, 0.1) is 0 Å². The lowest BCUT2D eigenvalue weighted by Crippen LogP contribution is -2.44. The lowest BCUT2D eigenvalue weighted by Gasteiger charge is -2.25. The second kappa shape index (κ2) is 5.53. The third-order valence-corrected chi connectivity index (χ3v) is 3.66. The van der Waals surface area contributed by atoms with Gasteiger partial charge >= 0.3 is 17.5 Å². The van der Waals surface area contributed by atoms with Gasteiger partial charge in [0.15, 0.2) is 0 Å². The summed E-state index contributed by atoms with van der Waals surface area (Å²) >= 11 is 0. The summed E-state index contributed by atoms with van der Waals surface area (Å²) in [5, 5.41) is 0. The fourth-order valence-corrected chi connectivity index (χ4v) is 2.42. The minimum absolute atomic E-state index is 0.189. The van der Waals surface area contributed by atoms with Gasteiger partial charge in [-0.15, -0.1) is 0 Å². The quantitative estimate of drug-likeness (QED) is 0.866. The van der Waals surface area contributed by atoms with Crippen molar-refractivity contribution >= 4 is 11.7 Å². The Morgan fingerprint density at radius 2 is 1.87 bits per heavy atom. The number of hydrogen-bond donors (Lipinski definition) is 0. The van der Waals surface area contributed by atoms with Gasteiger partial charge in [0.25, 0.3) is 0 Å². The molecule has 0 saturated heterocycles. The summed E-state index contributed by atoms with van der Waals surface area (Å²) < 4.78 is 19.3. The molecule has 7 nitrogen and oxygen atoms in total. The fourth-order valence-electron chi connectivity index (χ4n) is 2.42. The molecule has 0 atom stereocenters. The summed E-state index contributed by atoms with van der Waals surface area (Å²) in [5.41, 5.74) is -0.379. The summed E-state index contributed by atoms with van der Waals surface area (Å²) in [5.74, 6) is -1.28. The standard InChI is InChI=1S/C15H16FN3O4/c1-9(2)17(11-5-3-10(16)4-6-11)13(20)19-14(21)18(12-7-8-12)15(22)23-19/h3-6,9,12H,7-8H2,1-2H3. The SMILES string of the molecule is CC(C)N(C(=O)n1oc(=O)n(C2CC2)c1=O)c1ccc(F)cc1. The van der Waals surface area contributed by atoms with E-state index in [2.05, 4.69) is 0 Å². The zero-order chi connectivity index (χ0) is 16.7. The van der Waals surface area contributed by atoms with Crippen LogP contribution in [0.15, 0.2) is 38.4 Å². The molecule has 122 valence electrons. The molecule has 0 bridgehead atoms. The van der Waals surface area contributed by atoms with E-state index in [1.54, 1.807) is 13.8 Å². The smallest absolute Gasteiger partial charge is 0.307 e. The molecule has 23 heavy (non-hydrogen) atoms. The molecule has 1 aromatic carbocycles. The summed E-state index contributed by atoms with van der Waals surface area (Å²) in [7, 11) is 0. The number of halogens is 1. The number of hydrogen-bond acceptors (Lipinski definition) is 4. The lowest BCUT2D eigenvalue weighted by atomic mass is 10.2. The Kier molecular flexibility index (Phi) is 3.67. The van der Waals surface area contributed by atoms with E-state index in [1.165, 1.54) is 29.2 Å². The Morgan fingerprint density at radius 3 is 2.39 bits per heavy atom. The van der Waals surface area contributed by atoms with E-state index in [9.17, 15) is 18.8 Å². The van der Waals surface area contributed by atoms with Gasteiger partial charge in [-0.1, -0.05) is 4.74 Å². The van der Waals surface area contributed by atoms with Gasteiger partial charge in [0, 0.05) is 17.8 Å². The molecule has 1 heterocycles. The summed E-state index contributed by atoms with van der Waals surface area (Å²) in [6.07, 6.45) is 1.43. The first kappa shape index (κ1) is 15.3. The van der Waals surface area contributed by atoms with Gasteiger partial charge in [-0.2, -0.15) is 0 Å². The molecule has 0 N–H and O–H groups in total. The van der Waals surface area contributed by atoms with Gasteiger partial charge in [-0.3, -0.25) is 4.90 Å². The van der Waals surface area contributed by atoms with Crippen molar-refractivity contribution in [1.82, 2.24) is 9.31 Å². The van der Waals surface area contributed by atoms with Crippen molar-refractivity contribution in [2.24, 2.45) is 0 Å². The first-order chi connectivity index (χ1) is 10.9. The molecule has 1 fully saturated rings. The van der Waals surface area contributed by atoms with Crippen molar-refractivity contribution in [3.8, 4) is 0 Å². The molecular formula is C15H16FN3O4. The molecule has 0 spiro atoms. The molecule has 1 aliphatic rings. The first-order valence-corrected chi connectivity index (χ1v) is 7.34. The zero-order valence-corrected chi connectivity index (χ0v) is 12.7. The molecule has 1 aliphatic carbocycles. The van der Waals surface area contributed by atoms with Gasteiger partial charge in [0.2, 0.25) is 0 Å². The second-order valence-corrected chi connectivity index (χ2v) is 5.76. The van der Waals surface area contributed by atoms with Crippen LogP contribution in [0.2, 0.25) is 0 Å². The topological polar surface area (TPSA) is 77.5 Å². The molecular weight excluding hydrogens is 305 g/mol. The van der Waals surface area contributed by atoms with Crippen molar-refractivity contribution in [3.05, 3.63) is 51.1 Å². The van der Waals surface area contributed by atoms with Crippen LogP contribution < -0.4 is 16.3 Å². The molecule has 1 saturated carbocycles. The molecule has 0 aliphatic heterocycles. The fraction of sp³-hybridized carbons (Fsp3) is 0.400. The highest BCUT2D eigenvalue weighted by atomic mass is 19.1. The number of carbonyl (C=O) groups excluding carboxylic acids is 1. The highest BCUT2D eigenvalue weighted by Crippen LogP contribution is 2.32. The Hall–Kier alpha value is -2.64. The number of amides is 1. The average Bonchev–Trinajstić information content (AvgIpc) is 3.27. The zero-order valence-electron chi connectivity index (χ0n) is 12.7. The Morgan fingerprint density at radius 1 is 1.26 bits per heavy atom. The van der Waals surface area contributed by atoms with Crippen LogP contribution in [0.3, 0.4) is 0 Å². The van der Waals surface area contributed by atoms with E-state index < -0.39 is 23.3 Å². The largest absolute Gasteiger partial charge is 0.443 e. The maximum absolute atomic E-state index is 13.1. The van der Waals surface area contributed by atoms with E-state index in [1.807, 2.05) is 0 Å². The van der Waals surface area contributed by atoms with Gasteiger partial charge in [-0.05, 0) is 51.0 Å². The molecule has 2 aromatic rings. The highest BCUT2D eigenvalue weighted by Gasteiger charge is 2.33. The highest BCUT2D eigenvalue weighted by molar-refractivity contribution is 5.93. The van der Waals surface area contributed by atoms with Crippen LogP contribution in [0.25, 0.3) is 0 Å². The van der Waals surface area contributed by atoms with E-state index >= 15 is 0 Å². The number of anilines is 1. The van der Waals surface area contributed by atoms with E-state index in [0.717, 1.165) is 4.57 Å². The molecule has 0 radical (unpaired) electrons. The normalized spacial score (nSPS) is 14.3. The van der Waals surface area contributed by atoms with E-state index in [0.29, 0.717) is 23.3 Å². The number of rotatable bonds is 3. The van der Waals surface area contributed by atoms with Crippen LogP contribution in [-0.4, -0.2) is 21.4 Å². The molecule has 0 unspecified atom stereocenters. The molecule has 1 amide bonds. The Bertz CT molecular complexity index is 843. The van der Waals surface area contributed by atoms with Crippen molar-refractivity contribution in [1.29, 1.82) is 0 Å².